The van der Waals surface area contributed by atoms with Crippen molar-refractivity contribution in [3.63, 3.8) is 0 Å². The van der Waals surface area contributed by atoms with Gasteiger partial charge in [0.1, 0.15) is 5.78 Å². The molecule has 208 valence electrons. The highest BCUT2D eigenvalue weighted by molar-refractivity contribution is 5.79. The lowest BCUT2D eigenvalue weighted by Gasteiger charge is -2.26. The molecule has 0 aliphatic heterocycles. The first kappa shape index (κ1) is 34.2. The molecule has 0 spiro atoms. The molecule has 0 unspecified atom stereocenters. The minimum Gasteiger partial charge on any atom is -0.393 e. The first-order valence-corrected chi connectivity index (χ1v) is 13.3. The Morgan fingerprint density at radius 1 is 0.714 bits per heavy atom. The molecule has 1 N–H and O–H groups in total. The van der Waals surface area contributed by atoms with E-state index in [4.69, 9.17) is 23.7 Å². The molecule has 7 heteroatoms. The maximum atomic E-state index is 12.6. The summed E-state index contributed by atoms with van der Waals surface area (Å²) in [6.45, 7) is 5.95. The Morgan fingerprint density at radius 2 is 1.23 bits per heavy atom. The Hall–Kier alpha value is -0.830. The molecule has 0 radical (unpaired) electrons. The summed E-state index contributed by atoms with van der Waals surface area (Å²) in [4.78, 5) is 12.6. The van der Waals surface area contributed by atoms with Crippen molar-refractivity contribution >= 4 is 5.78 Å². The average molecular weight is 503 g/mol. The SMILES string of the molecule is C=CC[C@@H](C[C@@H](C[C@@H](C[C@H](O)CC(=O)C[C@@H](CCCCC[C@@H](CCC)OC)OC)OC)OC)OC. The van der Waals surface area contributed by atoms with E-state index in [-0.39, 0.29) is 36.6 Å². The Labute approximate surface area is 214 Å². The molecule has 0 aliphatic rings. The molecule has 0 aromatic heterocycles. The van der Waals surface area contributed by atoms with Gasteiger partial charge in [-0.3, -0.25) is 4.79 Å². The maximum Gasteiger partial charge on any atom is 0.138 e. The van der Waals surface area contributed by atoms with E-state index in [1.54, 1.807) is 35.5 Å². The number of methoxy groups -OCH3 is 5. The van der Waals surface area contributed by atoms with E-state index >= 15 is 0 Å². The first-order chi connectivity index (χ1) is 16.9. The highest BCUT2D eigenvalue weighted by Crippen LogP contribution is 2.20. The van der Waals surface area contributed by atoms with Crippen LogP contribution >= 0.6 is 0 Å². The number of carbonyl (C=O) groups excluding carboxylic acids is 1. The molecule has 0 bridgehead atoms. The number of aliphatic hydroxyl groups is 1. The van der Waals surface area contributed by atoms with Crippen LogP contribution in [-0.4, -0.2) is 83.1 Å². The summed E-state index contributed by atoms with van der Waals surface area (Å²) in [5, 5.41) is 10.5. The molecule has 0 saturated heterocycles. The van der Waals surface area contributed by atoms with Crippen LogP contribution in [0.3, 0.4) is 0 Å². The maximum absolute atomic E-state index is 12.6. The van der Waals surface area contributed by atoms with Crippen molar-refractivity contribution in [3.05, 3.63) is 12.7 Å². The zero-order valence-electron chi connectivity index (χ0n) is 23.3. The Balaban J connectivity index is 4.39. The highest BCUT2D eigenvalue weighted by atomic mass is 16.5. The fourth-order valence-corrected chi connectivity index (χ4v) is 4.55. The molecule has 0 aromatic rings. The van der Waals surface area contributed by atoms with E-state index in [1.165, 1.54) is 0 Å². The number of Topliss-reactive ketones (excluding diaryl/α,β-unsaturated/α-hetero) is 1. The second-order valence-corrected chi connectivity index (χ2v) is 9.55. The number of unbranched alkanes of at least 4 members (excludes halogenated alkanes) is 2. The van der Waals surface area contributed by atoms with Crippen molar-refractivity contribution in [1.29, 1.82) is 0 Å². The lowest BCUT2D eigenvalue weighted by Crippen LogP contribution is -2.30. The van der Waals surface area contributed by atoms with Crippen molar-refractivity contribution < 1.29 is 33.6 Å². The van der Waals surface area contributed by atoms with Gasteiger partial charge in [-0.05, 0) is 32.1 Å². The van der Waals surface area contributed by atoms with Gasteiger partial charge in [0.25, 0.3) is 0 Å². The van der Waals surface area contributed by atoms with Crippen molar-refractivity contribution in [3.8, 4) is 0 Å². The second kappa shape index (κ2) is 22.4. The summed E-state index contributed by atoms with van der Waals surface area (Å²) in [6, 6.07) is 0. The number of hydrogen-bond donors (Lipinski definition) is 1. The number of aliphatic hydroxyl groups excluding tert-OH is 1. The fraction of sp³-hybridized carbons (Fsp3) is 0.893. The summed E-state index contributed by atoms with van der Waals surface area (Å²) in [6.07, 6.45) is 11.5. The van der Waals surface area contributed by atoms with E-state index in [9.17, 15) is 9.90 Å². The molecule has 0 rings (SSSR count). The van der Waals surface area contributed by atoms with E-state index in [0.717, 1.165) is 51.4 Å². The van der Waals surface area contributed by atoms with Crippen LogP contribution in [0.25, 0.3) is 0 Å². The highest BCUT2D eigenvalue weighted by Gasteiger charge is 2.24. The van der Waals surface area contributed by atoms with Crippen LogP contribution in [0.1, 0.15) is 90.4 Å². The van der Waals surface area contributed by atoms with Crippen molar-refractivity contribution in [1.82, 2.24) is 0 Å². The number of hydrogen-bond acceptors (Lipinski definition) is 7. The van der Waals surface area contributed by atoms with Crippen LogP contribution in [0.5, 0.6) is 0 Å². The molecule has 0 aromatic carbocycles. The predicted molar refractivity (Wildman–Crippen MR) is 141 cm³/mol. The van der Waals surface area contributed by atoms with Gasteiger partial charge in [0.15, 0.2) is 0 Å². The molecule has 7 nitrogen and oxygen atoms in total. The smallest absolute Gasteiger partial charge is 0.138 e. The first-order valence-electron chi connectivity index (χ1n) is 13.3. The zero-order valence-corrected chi connectivity index (χ0v) is 23.3. The van der Waals surface area contributed by atoms with Crippen LogP contribution in [0.15, 0.2) is 12.7 Å². The van der Waals surface area contributed by atoms with Gasteiger partial charge in [-0.1, -0.05) is 38.7 Å². The molecular formula is C28H54O7. The number of ketones is 1. The van der Waals surface area contributed by atoms with Gasteiger partial charge >= 0.3 is 0 Å². The standard InChI is InChI=1S/C28H54O7/c1-8-13-24(31-3)15-11-10-12-16-26(33-5)18-22(29)17-23(30)19-27(34-6)21-28(35-7)20-25(32-4)14-9-2/h9,23-28,30H,2,8,10-21H2,1,3-7H3/t23-,24-,25+,26-,27-,28+/m1/s1. The summed E-state index contributed by atoms with van der Waals surface area (Å²) >= 11 is 0. The van der Waals surface area contributed by atoms with Crippen LogP contribution in [0.4, 0.5) is 0 Å². The van der Waals surface area contributed by atoms with Crippen LogP contribution < -0.4 is 0 Å². The molecule has 0 aliphatic carbocycles. The van der Waals surface area contributed by atoms with E-state index in [1.807, 2.05) is 6.08 Å². The van der Waals surface area contributed by atoms with Crippen LogP contribution in [0, 0.1) is 0 Å². The van der Waals surface area contributed by atoms with Crippen molar-refractivity contribution in [2.45, 2.75) is 127 Å². The molecular weight excluding hydrogens is 448 g/mol. The topological polar surface area (TPSA) is 83.5 Å². The monoisotopic (exact) mass is 502 g/mol. The van der Waals surface area contributed by atoms with Crippen molar-refractivity contribution in [2.75, 3.05) is 35.5 Å². The molecule has 35 heavy (non-hydrogen) atoms. The van der Waals surface area contributed by atoms with Gasteiger partial charge in [-0.2, -0.15) is 0 Å². The molecule has 0 amide bonds. The molecule has 0 saturated carbocycles. The van der Waals surface area contributed by atoms with Gasteiger partial charge < -0.3 is 28.8 Å². The molecule has 0 fully saturated rings. The quantitative estimate of drug-likeness (QED) is 0.134. The molecule has 0 heterocycles. The number of carbonyl (C=O) groups is 1. The van der Waals surface area contributed by atoms with Crippen molar-refractivity contribution in [2.24, 2.45) is 0 Å². The Kier molecular flexibility index (Phi) is 21.8. The minimum absolute atomic E-state index is 0.0234. The van der Waals surface area contributed by atoms with Crippen LogP contribution in [-0.2, 0) is 28.5 Å². The minimum atomic E-state index is -0.751. The fourth-order valence-electron chi connectivity index (χ4n) is 4.55. The lowest BCUT2D eigenvalue weighted by molar-refractivity contribution is -0.124. The summed E-state index contributed by atoms with van der Waals surface area (Å²) in [7, 11) is 8.42. The predicted octanol–water partition coefficient (Wildman–Crippen LogP) is 5.27. The van der Waals surface area contributed by atoms with Gasteiger partial charge in [-0.15, -0.1) is 6.58 Å². The van der Waals surface area contributed by atoms with Crippen LogP contribution in [0.2, 0.25) is 0 Å². The zero-order chi connectivity index (χ0) is 26.5. The number of ether oxygens (including phenoxy) is 5. The normalized spacial score (nSPS) is 16.9. The summed E-state index contributed by atoms with van der Waals surface area (Å²) in [5.41, 5.74) is 0. The molecule has 6 atom stereocenters. The number of rotatable bonds is 25. The van der Waals surface area contributed by atoms with Gasteiger partial charge in [0, 0.05) is 61.2 Å². The Morgan fingerprint density at radius 3 is 1.74 bits per heavy atom. The van der Waals surface area contributed by atoms with Gasteiger partial charge in [0.2, 0.25) is 0 Å². The summed E-state index contributed by atoms with van der Waals surface area (Å²) in [5.74, 6) is 0.0234. The third-order valence-electron chi connectivity index (χ3n) is 6.76. The third-order valence-corrected chi connectivity index (χ3v) is 6.76. The van der Waals surface area contributed by atoms with E-state index < -0.39 is 6.10 Å². The lowest BCUT2D eigenvalue weighted by atomic mass is 9.96. The largest absolute Gasteiger partial charge is 0.393 e. The Bertz CT molecular complexity index is 514. The van der Waals surface area contributed by atoms with E-state index in [2.05, 4.69) is 13.5 Å². The van der Waals surface area contributed by atoms with Gasteiger partial charge in [-0.25, -0.2) is 0 Å². The third kappa shape index (κ3) is 17.3. The van der Waals surface area contributed by atoms with Gasteiger partial charge in [0.05, 0.1) is 36.6 Å². The second-order valence-electron chi connectivity index (χ2n) is 9.55. The summed E-state index contributed by atoms with van der Waals surface area (Å²) < 4.78 is 27.7. The van der Waals surface area contributed by atoms with E-state index in [0.29, 0.717) is 31.8 Å². The average Bonchev–Trinajstić information content (AvgIpc) is 2.85.